The first-order valence-corrected chi connectivity index (χ1v) is 10.7. The Morgan fingerprint density at radius 2 is 1.88 bits per heavy atom. The Labute approximate surface area is 186 Å². The molecule has 7 nitrogen and oxygen atoms in total. The molecule has 1 fully saturated rings. The van der Waals surface area contributed by atoms with Crippen LogP contribution in [-0.4, -0.2) is 53.4 Å². The molecule has 0 saturated carbocycles. The maximum Gasteiger partial charge on any atom is 0.262 e. The van der Waals surface area contributed by atoms with Crippen LogP contribution in [0.3, 0.4) is 0 Å². The Morgan fingerprint density at radius 1 is 1.09 bits per heavy atom. The van der Waals surface area contributed by atoms with E-state index in [0.29, 0.717) is 18.0 Å². The molecule has 0 aliphatic carbocycles. The van der Waals surface area contributed by atoms with Crippen LogP contribution in [0.1, 0.15) is 12.8 Å². The fourth-order valence-electron chi connectivity index (χ4n) is 3.74. The number of hydrogen-bond donors (Lipinski definition) is 1. The summed E-state index contributed by atoms with van der Waals surface area (Å²) in [5.74, 6) is 0.507. The summed E-state index contributed by atoms with van der Waals surface area (Å²) in [5, 5.41) is 7.10. The minimum Gasteiger partial charge on any atom is -0.492 e. The molecule has 168 valence electrons. The lowest BCUT2D eigenvalue weighted by atomic mass is 10.1. The topological polar surface area (TPSA) is 68.6 Å². The largest absolute Gasteiger partial charge is 0.492 e. The molecular weight excluding hydrogens is 411 g/mol. The Hall–Kier alpha value is -3.39. The van der Waals surface area contributed by atoms with Crippen LogP contribution in [0.25, 0.3) is 11.3 Å². The molecule has 0 spiro atoms. The van der Waals surface area contributed by atoms with Crippen molar-refractivity contribution in [2.24, 2.45) is 7.05 Å². The minimum atomic E-state index is -0.354. The Balaban J connectivity index is 1.42. The van der Waals surface area contributed by atoms with Gasteiger partial charge in [-0.25, -0.2) is 4.39 Å². The van der Waals surface area contributed by atoms with E-state index in [0.717, 1.165) is 36.6 Å². The molecule has 1 amide bonds. The Morgan fingerprint density at radius 3 is 2.59 bits per heavy atom. The van der Waals surface area contributed by atoms with Crippen LogP contribution >= 0.6 is 0 Å². The number of ether oxygens (including phenoxy) is 2. The summed E-state index contributed by atoms with van der Waals surface area (Å²) in [7, 11) is 1.87. The zero-order valence-corrected chi connectivity index (χ0v) is 18.1. The number of likely N-dealkylation sites (tertiary alicyclic amines) is 1. The van der Waals surface area contributed by atoms with Gasteiger partial charge in [-0.1, -0.05) is 0 Å². The lowest BCUT2D eigenvalue weighted by molar-refractivity contribution is -0.118. The third-order valence-electron chi connectivity index (χ3n) is 5.41. The van der Waals surface area contributed by atoms with Gasteiger partial charge in [0.25, 0.3) is 5.91 Å². The number of nitrogens with zero attached hydrogens (tertiary/aromatic N) is 3. The third-order valence-corrected chi connectivity index (χ3v) is 5.41. The highest BCUT2D eigenvalue weighted by Crippen LogP contribution is 2.32. The number of rotatable bonds is 9. The van der Waals surface area contributed by atoms with Crippen molar-refractivity contribution in [2.45, 2.75) is 12.8 Å². The fourth-order valence-corrected chi connectivity index (χ4v) is 3.74. The lowest BCUT2D eigenvalue weighted by Crippen LogP contribution is -2.25. The molecule has 0 atom stereocenters. The summed E-state index contributed by atoms with van der Waals surface area (Å²) in [6.07, 6.45) is 4.23. The number of nitrogens with one attached hydrogen (secondary N) is 1. The van der Waals surface area contributed by atoms with Crippen LogP contribution < -0.4 is 14.8 Å². The first-order chi connectivity index (χ1) is 15.6. The lowest BCUT2D eigenvalue weighted by Gasteiger charge is -2.17. The second-order valence-electron chi connectivity index (χ2n) is 7.74. The molecule has 0 radical (unpaired) electrons. The maximum absolute atomic E-state index is 13.0. The molecule has 8 heteroatoms. The van der Waals surface area contributed by atoms with E-state index in [2.05, 4.69) is 15.3 Å². The second-order valence-corrected chi connectivity index (χ2v) is 7.74. The monoisotopic (exact) mass is 438 g/mol. The molecule has 3 aromatic rings. The normalized spacial score (nSPS) is 13.8. The van der Waals surface area contributed by atoms with Crippen LogP contribution in [-0.2, 0) is 11.8 Å². The van der Waals surface area contributed by atoms with Gasteiger partial charge in [0.1, 0.15) is 23.9 Å². The molecule has 1 aliphatic heterocycles. The third kappa shape index (κ3) is 5.64. The summed E-state index contributed by atoms with van der Waals surface area (Å²) in [6.45, 7) is 3.57. The average Bonchev–Trinajstić information content (AvgIpc) is 3.46. The van der Waals surface area contributed by atoms with Gasteiger partial charge in [-0.15, -0.1) is 0 Å². The van der Waals surface area contributed by atoms with Crippen LogP contribution in [0, 0.1) is 5.82 Å². The van der Waals surface area contributed by atoms with Crippen molar-refractivity contribution in [3.8, 4) is 22.8 Å². The highest BCUT2D eigenvalue weighted by atomic mass is 19.1. The van der Waals surface area contributed by atoms with Crippen molar-refractivity contribution in [3.05, 3.63) is 60.5 Å². The van der Waals surface area contributed by atoms with Crippen LogP contribution in [0.2, 0.25) is 0 Å². The zero-order valence-electron chi connectivity index (χ0n) is 18.1. The molecule has 1 N–H and O–H groups in total. The summed E-state index contributed by atoms with van der Waals surface area (Å²) >= 11 is 0. The summed E-state index contributed by atoms with van der Waals surface area (Å²) in [4.78, 5) is 14.8. The number of aromatic nitrogens is 2. The zero-order chi connectivity index (χ0) is 22.3. The number of aryl methyl sites for hydroxylation is 1. The van der Waals surface area contributed by atoms with E-state index in [1.54, 1.807) is 16.9 Å². The van der Waals surface area contributed by atoms with E-state index >= 15 is 0 Å². The molecule has 1 aromatic heterocycles. The molecule has 4 rings (SSSR count). The molecule has 1 saturated heterocycles. The van der Waals surface area contributed by atoms with Gasteiger partial charge < -0.3 is 14.8 Å². The van der Waals surface area contributed by atoms with Gasteiger partial charge in [0.15, 0.2) is 6.61 Å². The average molecular weight is 439 g/mol. The quantitative estimate of drug-likeness (QED) is 0.552. The van der Waals surface area contributed by atoms with E-state index in [-0.39, 0.29) is 18.3 Å². The van der Waals surface area contributed by atoms with E-state index in [4.69, 9.17) is 9.47 Å². The first kappa shape index (κ1) is 21.8. The van der Waals surface area contributed by atoms with Gasteiger partial charge in [0.2, 0.25) is 0 Å². The van der Waals surface area contributed by atoms with Gasteiger partial charge in [-0.2, -0.15) is 5.10 Å². The van der Waals surface area contributed by atoms with Gasteiger partial charge in [0, 0.05) is 31.0 Å². The molecule has 0 unspecified atom stereocenters. The second kappa shape index (κ2) is 10.3. The van der Waals surface area contributed by atoms with Gasteiger partial charge in [-0.05, 0) is 74.5 Å². The van der Waals surface area contributed by atoms with Crippen molar-refractivity contribution in [2.75, 3.05) is 38.2 Å². The number of amides is 1. The predicted molar refractivity (Wildman–Crippen MR) is 120 cm³/mol. The highest BCUT2D eigenvalue weighted by Gasteiger charge is 2.15. The van der Waals surface area contributed by atoms with Gasteiger partial charge in [0.05, 0.1) is 5.69 Å². The molecule has 1 aliphatic rings. The number of hydrogen-bond acceptors (Lipinski definition) is 5. The van der Waals surface area contributed by atoms with Crippen molar-refractivity contribution >= 4 is 11.6 Å². The fraction of sp³-hybridized carbons (Fsp3) is 0.333. The predicted octanol–water partition coefficient (Wildman–Crippen LogP) is 3.72. The number of anilines is 1. The van der Waals surface area contributed by atoms with Crippen LogP contribution in [0.4, 0.5) is 10.1 Å². The van der Waals surface area contributed by atoms with Gasteiger partial charge in [-0.3, -0.25) is 14.4 Å². The highest BCUT2D eigenvalue weighted by molar-refractivity contribution is 5.93. The SMILES string of the molecule is Cn1nccc1-c1cc(NC(=O)COc2ccc(F)cc2)ccc1OCCN1CCCC1. The maximum atomic E-state index is 13.0. The number of carbonyl (C=O) groups excluding carboxylic acids is 1. The number of carbonyl (C=O) groups is 1. The van der Waals surface area contributed by atoms with Crippen molar-refractivity contribution in [3.63, 3.8) is 0 Å². The molecule has 0 bridgehead atoms. The van der Waals surface area contributed by atoms with Crippen LogP contribution in [0.5, 0.6) is 11.5 Å². The first-order valence-electron chi connectivity index (χ1n) is 10.7. The number of halogens is 1. The summed E-state index contributed by atoms with van der Waals surface area (Å²) in [5.41, 5.74) is 2.37. The van der Waals surface area contributed by atoms with E-state index in [9.17, 15) is 9.18 Å². The Kier molecular flexibility index (Phi) is 7.01. The van der Waals surface area contributed by atoms with E-state index < -0.39 is 0 Å². The summed E-state index contributed by atoms with van der Waals surface area (Å²) < 4.78 is 26.3. The van der Waals surface area contributed by atoms with Crippen LogP contribution in [0.15, 0.2) is 54.7 Å². The smallest absolute Gasteiger partial charge is 0.262 e. The minimum absolute atomic E-state index is 0.180. The summed E-state index contributed by atoms with van der Waals surface area (Å²) in [6, 6.07) is 13.0. The molecule has 2 aromatic carbocycles. The van der Waals surface area contributed by atoms with Crippen molar-refractivity contribution in [1.29, 1.82) is 0 Å². The number of benzene rings is 2. The van der Waals surface area contributed by atoms with E-state index in [1.807, 2.05) is 25.2 Å². The molecular formula is C24H27FN4O3. The van der Waals surface area contributed by atoms with E-state index in [1.165, 1.54) is 37.1 Å². The van der Waals surface area contributed by atoms with Crippen molar-refractivity contribution < 1.29 is 18.7 Å². The molecule has 2 heterocycles. The molecule has 32 heavy (non-hydrogen) atoms. The van der Waals surface area contributed by atoms with Gasteiger partial charge >= 0.3 is 0 Å². The standard InChI is InChI=1S/C24H27FN4O3/c1-28-22(10-11-26-28)21-16-19(6-9-23(21)31-15-14-29-12-2-3-13-29)27-24(30)17-32-20-7-4-18(25)5-8-20/h4-11,16H,2-3,12-15,17H2,1H3,(H,27,30). The van der Waals surface area contributed by atoms with Crippen molar-refractivity contribution in [1.82, 2.24) is 14.7 Å². The Bertz CT molecular complexity index is 1050.